The Hall–Kier alpha value is -1.95. The molecule has 0 radical (unpaired) electrons. The van der Waals surface area contributed by atoms with Crippen LogP contribution in [0.2, 0.25) is 0 Å². The van der Waals surface area contributed by atoms with Crippen LogP contribution < -0.4 is 0 Å². The summed E-state index contributed by atoms with van der Waals surface area (Å²) in [5.41, 5.74) is 2.00. The number of carbonyl (C=O) groups is 1. The molecule has 18 heavy (non-hydrogen) atoms. The third-order valence-corrected chi connectivity index (χ3v) is 2.67. The van der Waals surface area contributed by atoms with E-state index < -0.39 is 5.97 Å². The van der Waals surface area contributed by atoms with Gasteiger partial charge in [0, 0.05) is 12.8 Å². The Morgan fingerprint density at radius 3 is 2.83 bits per heavy atom. The Kier molecular flexibility index (Phi) is 3.29. The number of hydrogen-bond donors (Lipinski definition) is 1. The van der Waals surface area contributed by atoms with Crippen LogP contribution in [0.3, 0.4) is 0 Å². The van der Waals surface area contributed by atoms with Gasteiger partial charge in [-0.1, -0.05) is 13.8 Å². The summed E-state index contributed by atoms with van der Waals surface area (Å²) >= 11 is 0. The Balaban J connectivity index is 2.71. The molecule has 0 aliphatic heterocycles. The van der Waals surface area contributed by atoms with Crippen molar-refractivity contribution < 1.29 is 14.6 Å². The third kappa shape index (κ3) is 2.06. The van der Waals surface area contributed by atoms with Crippen LogP contribution in [0.25, 0.3) is 5.65 Å². The van der Waals surface area contributed by atoms with Gasteiger partial charge >= 0.3 is 5.97 Å². The molecule has 2 heterocycles. The van der Waals surface area contributed by atoms with Crippen molar-refractivity contribution in [2.75, 3.05) is 7.11 Å². The molecule has 2 rings (SSSR count). The molecule has 2 aromatic heterocycles. The molecule has 6 heteroatoms. The minimum Gasteiger partial charge on any atom is -0.476 e. The summed E-state index contributed by atoms with van der Waals surface area (Å²) in [6.07, 6.45) is 1.50. The molecule has 0 saturated heterocycles. The van der Waals surface area contributed by atoms with Gasteiger partial charge in [0.15, 0.2) is 11.3 Å². The number of hydrogen-bond acceptors (Lipinski definition) is 4. The fraction of sp³-hybridized carbons (Fsp3) is 0.417. The molecule has 2 aromatic rings. The van der Waals surface area contributed by atoms with E-state index in [0.29, 0.717) is 17.9 Å². The van der Waals surface area contributed by atoms with Gasteiger partial charge in [0.2, 0.25) is 0 Å². The molecule has 0 unspecified atom stereocenters. The summed E-state index contributed by atoms with van der Waals surface area (Å²) in [6, 6.07) is 1.91. The maximum absolute atomic E-state index is 11.1. The van der Waals surface area contributed by atoms with E-state index in [9.17, 15) is 4.79 Å². The van der Waals surface area contributed by atoms with Gasteiger partial charge < -0.3 is 9.84 Å². The number of rotatable bonds is 4. The highest BCUT2D eigenvalue weighted by Crippen LogP contribution is 2.19. The molecule has 0 fully saturated rings. The summed E-state index contributed by atoms with van der Waals surface area (Å²) in [7, 11) is 1.58. The van der Waals surface area contributed by atoms with E-state index in [1.807, 2.05) is 19.9 Å². The summed E-state index contributed by atoms with van der Waals surface area (Å²) < 4.78 is 6.76. The summed E-state index contributed by atoms with van der Waals surface area (Å²) in [5.74, 6) is -0.837. The van der Waals surface area contributed by atoms with Gasteiger partial charge in [0.1, 0.15) is 6.33 Å². The molecule has 96 valence electrons. The van der Waals surface area contributed by atoms with E-state index in [-0.39, 0.29) is 11.6 Å². The second-order valence-electron chi connectivity index (χ2n) is 4.35. The van der Waals surface area contributed by atoms with Crippen molar-refractivity contribution in [1.29, 1.82) is 0 Å². The largest absolute Gasteiger partial charge is 0.476 e. The van der Waals surface area contributed by atoms with Crippen molar-refractivity contribution in [2.24, 2.45) is 0 Å². The fourth-order valence-electron chi connectivity index (χ4n) is 1.86. The van der Waals surface area contributed by atoms with Crippen molar-refractivity contribution in [2.45, 2.75) is 26.4 Å². The van der Waals surface area contributed by atoms with Crippen LogP contribution in [0.4, 0.5) is 0 Å². The Labute approximate surface area is 104 Å². The second kappa shape index (κ2) is 4.73. The first-order valence-electron chi connectivity index (χ1n) is 5.63. The Morgan fingerprint density at radius 2 is 2.28 bits per heavy atom. The van der Waals surface area contributed by atoms with Crippen LogP contribution in [0, 0.1) is 0 Å². The fourth-order valence-corrected chi connectivity index (χ4v) is 1.86. The summed E-state index contributed by atoms with van der Waals surface area (Å²) in [4.78, 5) is 19.3. The second-order valence-corrected chi connectivity index (χ2v) is 4.35. The van der Waals surface area contributed by atoms with Crippen molar-refractivity contribution >= 4 is 11.6 Å². The van der Waals surface area contributed by atoms with E-state index >= 15 is 0 Å². The first kappa shape index (κ1) is 12.5. The summed E-state index contributed by atoms with van der Waals surface area (Å²) in [6.45, 7) is 4.41. The molecular weight excluding hydrogens is 234 g/mol. The first-order valence-corrected chi connectivity index (χ1v) is 5.63. The van der Waals surface area contributed by atoms with Crippen LogP contribution in [-0.2, 0) is 11.3 Å². The lowest BCUT2D eigenvalue weighted by molar-refractivity contribution is 0.0693. The molecule has 6 nitrogen and oxygen atoms in total. The van der Waals surface area contributed by atoms with Crippen molar-refractivity contribution in [3.05, 3.63) is 29.5 Å². The maximum atomic E-state index is 11.1. The van der Waals surface area contributed by atoms with Gasteiger partial charge in [0.25, 0.3) is 0 Å². The predicted molar refractivity (Wildman–Crippen MR) is 64.7 cm³/mol. The number of methoxy groups -OCH3 is 1. The number of carboxylic acids is 1. The number of nitrogens with zero attached hydrogens (tertiary/aromatic N) is 3. The van der Waals surface area contributed by atoms with E-state index in [1.54, 1.807) is 11.5 Å². The molecule has 0 bridgehead atoms. The molecule has 0 saturated carbocycles. The van der Waals surface area contributed by atoms with Crippen LogP contribution in [0.5, 0.6) is 0 Å². The monoisotopic (exact) mass is 249 g/mol. The number of aromatic carboxylic acids is 1. The van der Waals surface area contributed by atoms with Crippen molar-refractivity contribution in [3.63, 3.8) is 0 Å². The molecule has 0 atom stereocenters. The van der Waals surface area contributed by atoms with E-state index in [2.05, 4.69) is 9.97 Å². The standard InChI is InChI=1S/C12H15N3O3/c1-7(2)9-4-8(5-18-3)14-11-10(12(16)17)13-6-15(9)11/h4,6-7H,5H2,1-3H3,(H,16,17). The number of ether oxygens (including phenoxy) is 1. The molecule has 0 spiro atoms. The van der Waals surface area contributed by atoms with Crippen LogP contribution >= 0.6 is 0 Å². The lowest BCUT2D eigenvalue weighted by atomic mass is 10.1. The molecule has 0 aliphatic rings. The minimum atomic E-state index is -1.07. The highest BCUT2D eigenvalue weighted by atomic mass is 16.5. The molecule has 0 aromatic carbocycles. The summed E-state index contributed by atoms with van der Waals surface area (Å²) in [5, 5.41) is 9.07. The minimum absolute atomic E-state index is 0.0325. The van der Waals surface area contributed by atoms with E-state index in [4.69, 9.17) is 9.84 Å². The SMILES string of the molecule is COCc1cc(C(C)C)n2cnc(C(=O)O)c2n1. The van der Waals surface area contributed by atoms with Gasteiger partial charge in [0.05, 0.1) is 12.3 Å². The van der Waals surface area contributed by atoms with Gasteiger partial charge in [-0.2, -0.15) is 0 Å². The number of fused-ring (bicyclic) bond motifs is 1. The molecular formula is C12H15N3O3. The molecule has 0 amide bonds. The van der Waals surface area contributed by atoms with Crippen LogP contribution in [-0.4, -0.2) is 32.6 Å². The van der Waals surface area contributed by atoms with Gasteiger partial charge in [-0.15, -0.1) is 0 Å². The lowest BCUT2D eigenvalue weighted by Crippen LogP contribution is -2.06. The predicted octanol–water partition coefficient (Wildman–Crippen LogP) is 1.70. The zero-order chi connectivity index (χ0) is 13.3. The average molecular weight is 249 g/mol. The van der Waals surface area contributed by atoms with Gasteiger partial charge in [-0.3, -0.25) is 4.40 Å². The Morgan fingerprint density at radius 1 is 1.56 bits per heavy atom. The average Bonchev–Trinajstić information content (AvgIpc) is 2.71. The first-order chi connectivity index (χ1) is 8.54. The van der Waals surface area contributed by atoms with Crippen LogP contribution in [0.1, 0.15) is 41.6 Å². The van der Waals surface area contributed by atoms with Gasteiger partial charge in [-0.25, -0.2) is 14.8 Å². The molecule has 1 N–H and O–H groups in total. The normalized spacial score (nSPS) is 11.3. The number of imidazole rings is 1. The van der Waals surface area contributed by atoms with Gasteiger partial charge in [-0.05, 0) is 12.0 Å². The zero-order valence-electron chi connectivity index (χ0n) is 10.5. The number of carboxylic acid groups (broad SMARTS) is 1. The topological polar surface area (TPSA) is 76.7 Å². The molecule has 0 aliphatic carbocycles. The highest BCUT2D eigenvalue weighted by molar-refractivity contribution is 5.92. The zero-order valence-corrected chi connectivity index (χ0v) is 10.5. The third-order valence-electron chi connectivity index (χ3n) is 2.67. The van der Waals surface area contributed by atoms with Crippen molar-refractivity contribution in [1.82, 2.24) is 14.4 Å². The Bertz CT molecular complexity index is 590. The smallest absolute Gasteiger partial charge is 0.358 e. The van der Waals surface area contributed by atoms with Crippen LogP contribution in [0.15, 0.2) is 12.4 Å². The lowest BCUT2D eigenvalue weighted by Gasteiger charge is -2.11. The number of aromatic nitrogens is 3. The highest BCUT2D eigenvalue weighted by Gasteiger charge is 2.17. The van der Waals surface area contributed by atoms with E-state index in [1.165, 1.54) is 6.33 Å². The van der Waals surface area contributed by atoms with Crippen molar-refractivity contribution in [3.8, 4) is 0 Å². The maximum Gasteiger partial charge on any atom is 0.358 e. The quantitative estimate of drug-likeness (QED) is 0.892. The van der Waals surface area contributed by atoms with E-state index in [0.717, 1.165) is 5.69 Å².